The molecule has 0 amide bonds. The lowest BCUT2D eigenvalue weighted by atomic mass is 10.3. The van der Waals surface area contributed by atoms with Crippen LogP contribution in [0.15, 0.2) is 36.8 Å². The van der Waals surface area contributed by atoms with Gasteiger partial charge in [0.1, 0.15) is 0 Å². The van der Waals surface area contributed by atoms with Crippen molar-refractivity contribution >= 4 is 5.95 Å². The Bertz CT molecular complexity index is 433. The normalized spacial score (nSPS) is 10.7. The summed E-state index contributed by atoms with van der Waals surface area (Å²) in [5, 5.41) is 3.30. The van der Waals surface area contributed by atoms with Crippen molar-refractivity contribution in [2.24, 2.45) is 0 Å². The molecule has 4 nitrogen and oxygen atoms in total. The molecule has 0 saturated heterocycles. The van der Waals surface area contributed by atoms with E-state index in [1.165, 1.54) is 0 Å². The molecule has 2 aromatic heterocycles. The van der Waals surface area contributed by atoms with Gasteiger partial charge >= 0.3 is 0 Å². The van der Waals surface area contributed by atoms with E-state index in [1.54, 1.807) is 6.20 Å². The molecule has 4 heteroatoms. The molecule has 0 spiro atoms. The first-order chi connectivity index (χ1) is 7.75. The minimum absolute atomic E-state index is 0.380. The van der Waals surface area contributed by atoms with E-state index in [1.807, 2.05) is 30.6 Å². The van der Waals surface area contributed by atoms with Gasteiger partial charge in [-0.05, 0) is 26.0 Å². The molecule has 2 aromatic rings. The Morgan fingerprint density at radius 1 is 1.25 bits per heavy atom. The number of imidazole rings is 1. The van der Waals surface area contributed by atoms with E-state index in [0.29, 0.717) is 6.04 Å². The summed E-state index contributed by atoms with van der Waals surface area (Å²) >= 11 is 0. The highest BCUT2D eigenvalue weighted by Gasteiger charge is 2.04. The second kappa shape index (κ2) is 4.79. The Morgan fingerprint density at radius 2 is 2.12 bits per heavy atom. The van der Waals surface area contributed by atoms with Crippen LogP contribution in [0.5, 0.6) is 0 Å². The molecule has 0 aliphatic carbocycles. The summed E-state index contributed by atoms with van der Waals surface area (Å²) in [6, 6.07) is 6.31. The molecule has 2 heterocycles. The van der Waals surface area contributed by atoms with E-state index in [0.717, 1.165) is 18.2 Å². The van der Waals surface area contributed by atoms with Gasteiger partial charge in [-0.15, -0.1) is 0 Å². The molecule has 0 bridgehead atoms. The fraction of sp³-hybridized carbons (Fsp3) is 0.333. The van der Waals surface area contributed by atoms with Crippen LogP contribution >= 0.6 is 0 Å². The predicted molar refractivity (Wildman–Crippen MR) is 64.3 cm³/mol. The number of nitrogens with one attached hydrogen (secondary N) is 1. The van der Waals surface area contributed by atoms with Crippen molar-refractivity contribution in [3.8, 4) is 0 Å². The number of aromatic nitrogens is 3. The SMILES string of the molecule is CC(C)Nc1nccn1Cc1ccccn1. The van der Waals surface area contributed by atoms with Gasteiger partial charge < -0.3 is 9.88 Å². The molecule has 84 valence electrons. The van der Waals surface area contributed by atoms with Crippen LogP contribution in [0, 0.1) is 0 Å². The van der Waals surface area contributed by atoms with Crippen LogP contribution in [0.2, 0.25) is 0 Å². The van der Waals surface area contributed by atoms with Crippen molar-refractivity contribution in [1.29, 1.82) is 0 Å². The Hall–Kier alpha value is -1.84. The predicted octanol–water partition coefficient (Wildman–Crippen LogP) is 2.15. The van der Waals surface area contributed by atoms with Crippen molar-refractivity contribution < 1.29 is 0 Å². The van der Waals surface area contributed by atoms with E-state index in [4.69, 9.17) is 0 Å². The zero-order chi connectivity index (χ0) is 11.4. The molecule has 16 heavy (non-hydrogen) atoms. The van der Waals surface area contributed by atoms with E-state index in [9.17, 15) is 0 Å². The third-order valence-electron chi connectivity index (χ3n) is 2.19. The van der Waals surface area contributed by atoms with Crippen LogP contribution in [0.3, 0.4) is 0 Å². The maximum absolute atomic E-state index is 4.30. The molecule has 0 radical (unpaired) electrons. The van der Waals surface area contributed by atoms with Gasteiger partial charge in [0, 0.05) is 24.6 Å². The van der Waals surface area contributed by atoms with Crippen molar-refractivity contribution in [1.82, 2.24) is 14.5 Å². The van der Waals surface area contributed by atoms with Gasteiger partial charge in [0.15, 0.2) is 0 Å². The van der Waals surface area contributed by atoms with Gasteiger partial charge in [0.2, 0.25) is 5.95 Å². The van der Waals surface area contributed by atoms with Gasteiger partial charge in [-0.1, -0.05) is 6.07 Å². The van der Waals surface area contributed by atoms with Crippen LogP contribution in [0.1, 0.15) is 19.5 Å². The molecule has 0 aliphatic rings. The Kier molecular flexibility index (Phi) is 3.19. The third kappa shape index (κ3) is 2.59. The minimum atomic E-state index is 0.380. The van der Waals surface area contributed by atoms with Gasteiger partial charge in [0.25, 0.3) is 0 Å². The third-order valence-corrected chi connectivity index (χ3v) is 2.19. The molecule has 0 saturated carbocycles. The van der Waals surface area contributed by atoms with Crippen LogP contribution in [0.4, 0.5) is 5.95 Å². The lowest BCUT2D eigenvalue weighted by Gasteiger charge is -2.11. The minimum Gasteiger partial charge on any atom is -0.353 e. The highest BCUT2D eigenvalue weighted by atomic mass is 15.2. The van der Waals surface area contributed by atoms with Gasteiger partial charge in [-0.25, -0.2) is 4.98 Å². The summed E-state index contributed by atoms with van der Waals surface area (Å²) < 4.78 is 2.06. The first kappa shape index (κ1) is 10.7. The lowest BCUT2D eigenvalue weighted by molar-refractivity contribution is 0.757. The van der Waals surface area contributed by atoms with Gasteiger partial charge in [-0.3, -0.25) is 4.98 Å². The summed E-state index contributed by atoms with van der Waals surface area (Å²) in [5.41, 5.74) is 1.03. The largest absolute Gasteiger partial charge is 0.353 e. The fourth-order valence-electron chi connectivity index (χ4n) is 1.50. The molecule has 2 rings (SSSR count). The fourth-order valence-corrected chi connectivity index (χ4v) is 1.50. The van der Waals surface area contributed by atoms with Crippen molar-refractivity contribution in [2.45, 2.75) is 26.4 Å². The van der Waals surface area contributed by atoms with Crippen molar-refractivity contribution in [3.05, 3.63) is 42.5 Å². The van der Waals surface area contributed by atoms with E-state index in [-0.39, 0.29) is 0 Å². The lowest BCUT2D eigenvalue weighted by Crippen LogP contribution is -2.15. The van der Waals surface area contributed by atoms with Gasteiger partial charge in [-0.2, -0.15) is 0 Å². The molecule has 0 fully saturated rings. The molecule has 1 N–H and O–H groups in total. The summed E-state index contributed by atoms with van der Waals surface area (Å²) in [5.74, 6) is 0.889. The highest BCUT2D eigenvalue weighted by Crippen LogP contribution is 2.08. The van der Waals surface area contributed by atoms with Crippen molar-refractivity contribution in [2.75, 3.05) is 5.32 Å². The van der Waals surface area contributed by atoms with E-state index >= 15 is 0 Å². The Labute approximate surface area is 95.4 Å². The number of pyridine rings is 1. The second-order valence-electron chi connectivity index (χ2n) is 4.00. The molecule has 0 atom stereocenters. The average molecular weight is 216 g/mol. The maximum Gasteiger partial charge on any atom is 0.203 e. The smallest absolute Gasteiger partial charge is 0.203 e. The van der Waals surface area contributed by atoms with E-state index < -0.39 is 0 Å². The molecule has 0 aliphatic heterocycles. The summed E-state index contributed by atoms with van der Waals surface area (Å²) in [7, 11) is 0. The number of anilines is 1. The molecular formula is C12H16N4. The van der Waals surface area contributed by atoms with E-state index in [2.05, 4.69) is 33.7 Å². The quantitative estimate of drug-likeness (QED) is 0.851. The van der Waals surface area contributed by atoms with Crippen LogP contribution in [-0.2, 0) is 6.54 Å². The number of hydrogen-bond donors (Lipinski definition) is 1. The number of hydrogen-bond acceptors (Lipinski definition) is 3. The summed E-state index contributed by atoms with van der Waals surface area (Å²) in [4.78, 5) is 8.57. The number of rotatable bonds is 4. The first-order valence-corrected chi connectivity index (χ1v) is 5.43. The first-order valence-electron chi connectivity index (χ1n) is 5.43. The van der Waals surface area contributed by atoms with Gasteiger partial charge in [0.05, 0.1) is 12.2 Å². The zero-order valence-electron chi connectivity index (χ0n) is 9.59. The zero-order valence-corrected chi connectivity index (χ0v) is 9.59. The Balaban J connectivity index is 2.13. The molecular weight excluding hydrogens is 200 g/mol. The average Bonchev–Trinajstić information content (AvgIpc) is 2.66. The molecule has 0 aromatic carbocycles. The summed E-state index contributed by atoms with van der Waals surface area (Å²) in [6.07, 6.45) is 5.56. The Morgan fingerprint density at radius 3 is 2.81 bits per heavy atom. The second-order valence-corrected chi connectivity index (χ2v) is 4.00. The topological polar surface area (TPSA) is 42.7 Å². The van der Waals surface area contributed by atoms with Crippen LogP contribution in [-0.4, -0.2) is 20.6 Å². The molecule has 0 unspecified atom stereocenters. The standard InChI is InChI=1S/C12H16N4/c1-10(2)15-12-14-7-8-16(12)9-11-5-3-4-6-13-11/h3-8,10H,9H2,1-2H3,(H,14,15). The van der Waals surface area contributed by atoms with Crippen molar-refractivity contribution in [3.63, 3.8) is 0 Å². The van der Waals surface area contributed by atoms with Crippen LogP contribution < -0.4 is 5.32 Å². The van der Waals surface area contributed by atoms with Crippen LogP contribution in [0.25, 0.3) is 0 Å². The monoisotopic (exact) mass is 216 g/mol. The number of nitrogens with zero attached hydrogens (tertiary/aromatic N) is 3. The summed E-state index contributed by atoms with van der Waals surface area (Å²) in [6.45, 7) is 4.94. The maximum atomic E-state index is 4.30. The highest BCUT2D eigenvalue weighted by molar-refractivity contribution is 5.27.